The van der Waals surface area contributed by atoms with Crippen LogP contribution in [0.4, 0.5) is 0 Å². The van der Waals surface area contributed by atoms with E-state index in [0.29, 0.717) is 17.3 Å². The maximum Gasteiger partial charge on any atom is 0.241 e. The lowest BCUT2D eigenvalue weighted by molar-refractivity contribution is 0.372. The SMILES string of the molecule is Cc1nnc(C(CC(C)C)NS(=O)(=O)c2cccc(Cl)c2)o1. The molecule has 0 aliphatic carbocycles. The molecule has 22 heavy (non-hydrogen) atoms. The summed E-state index contributed by atoms with van der Waals surface area (Å²) < 4.78 is 33.0. The average molecular weight is 344 g/mol. The number of halogens is 1. The van der Waals surface area contributed by atoms with Crippen LogP contribution in [0.25, 0.3) is 0 Å². The molecule has 2 rings (SSSR count). The predicted octanol–water partition coefficient (Wildman–Crippen LogP) is 3.10. The van der Waals surface area contributed by atoms with Crippen molar-refractivity contribution in [2.45, 2.75) is 38.1 Å². The molecule has 120 valence electrons. The van der Waals surface area contributed by atoms with Gasteiger partial charge in [0.05, 0.1) is 4.90 Å². The third-order valence-corrected chi connectivity index (χ3v) is 4.66. The van der Waals surface area contributed by atoms with Gasteiger partial charge in [0.25, 0.3) is 0 Å². The van der Waals surface area contributed by atoms with Gasteiger partial charge in [0.15, 0.2) is 0 Å². The normalized spacial score (nSPS) is 13.5. The summed E-state index contributed by atoms with van der Waals surface area (Å²) in [6, 6.07) is 5.51. The topological polar surface area (TPSA) is 85.1 Å². The van der Waals surface area contributed by atoms with Crippen LogP contribution in [0.5, 0.6) is 0 Å². The summed E-state index contributed by atoms with van der Waals surface area (Å²) in [7, 11) is -3.73. The fourth-order valence-electron chi connectivity index (χ4n) is 2.01. The van der Waals surface area contributed by atoms with E-state index in [1.807, 2.05) is 13.8 Å². The molecular weight excluding hydrogens is 326 g/mol. The molecule has 1 aromatic carbocycles. The van der Waals surface area contributed by atoms with Gasteiger partial charge in [-0.1, -0.05) is 31.5 Å². The summed E-state index contributed by atoms with van der Waals surface area (Å²) in [5, 5.41) is 8.04. The van der Waals surface area contributed by atoms with Gasteiger partial charge >= 0.3 is 0 Å². The molecule has 1 N–H and O–H groups in total. The van der Waals surface area contributed by atoms with E-state index < -0.39 is 16.1 Å². The molecule has 0 saturated heterocycles. The monoisotopic (exact) mass is 343 g/mol. The number of rotatable bonds is 6. The zero-order valence-electron chi connectivity index (χ0n) is 12.6. The van der Waals surface area contributed by atoms with Gasteiger partial charge in [-0.15, -0.1) is 10.2 Å². The quantitative estimate of drug-likeness (QED) is 0.871. The van der Waals surface area contributed by atoms with Gasteiger partial charge < -0.3 is 4.42 Å². The first kappa shape index (κ1) is 16.9. The molecule has 0 saturated carbocycles. The lowest BCUT2D eigenvalue weighted by Gasteiger charge is -2.17. The van der Waals surface area contributed by atoms with E-state index in [4.69, 9.17) is 16.0 Å². The number of benzene rings is 1. The van der Waals surface area contributed by atoms with E-state index in [1.54, 1.807) is 19.1 Å². The van der Waals surface area contributed by atoms with Gasteiger partial charge in [0.2, 0.25) is 21.8 Å². The maximum atomic E-state index is 12.5. The molecule has 1 unspecified atom stereocenters. The van der Waals surface area contributed by atoms with Crippen molar-refractivity contribution in [3.8, 4) is 0 Å². The van der Waals surface area contributed by atoms with Crippen LogP contribution in [0.1, 0.15) is 38.1 Å². The van der Waals surface area contributed by atoms with Crippen LogP contribution in [0, 0.1) is 12.8 Å². The number of hydrogen-bond acceptors (Lipinski definition) is 5. The Morgan fingerprint density at radius 3 is 2.59 bits per heavy atom. The number of nitrogens with zero attached hydrogens (tertiary/aromatic N) is 2. The fourth-order valence-corrected chi connectivity index (χ4v) is 3.52. The number of hydrogen-bond donors (Lipinski definition) is 1. The number of aromatic nitrogens is 2. The van der Waals surface area contributed by atoms with Gasteiger partial charge in [0, 0.05) is 11.9 Å². The molecule has 1 atom stereocenters. The second-order valence-electron chi connectivity index (χ2n) is 5.42. The van der Waals surface area contributed by atoms with Crippen molar-refractivity contribution in [1.29, 1.82) is 0 Å². The van der Waals surface area contributed by atoms with Crippen molar-refractivity contribution in [3.63, 3.8) is 0 Å². The first-order valence-corrected chi connectivity index (χ1v) is 8.72. The summed E-state index contributed by atoms with van der Waals surface area (Å²) in [5.74, 6) is 0.904. The molecule has 0 fully saturated rings. The smallest absolute Gasteiger partial charge is 0.241 e. The largest absolute Gasteiger partial charge is 0.424 e. The van der Waals surface area contributed by atoms with E-state index in [-0.39, 0.29) is 16.7 Å². The lowest BCUT2D eigenvalue weighted by atomic mass is 10.0. The predicted molar refractivity (Wildman–Crippen MR) is 83.0 cm³/mol. The van der Waals surface area contributed by atoms with Gasteiger partial charge in [-0.25, -0.2) is 8.42 Å². The standard InChI is InChI=1S/C14H18ClN3O3S/c1-9(2)7-13(14-17-16-10(3)21-14)18-22(19,20)12-6-4-5-11(15)8-12/h4-6,8-9,13,18H,7H2,1-3H3. The van der Waals surface area contributed by atoms with Gasteiger partial charge in [-0.05, 0) is 30.5 Å². The van der Waals surface area contributed by atoms with E-state index in [0.717, 1.165) is 0 Å². The Morgan fingerprint density at radius 1 is 1.32 bits per heavy atom. The van der Waals surface area contributed by atoms with Crippen LogP contribution < -0.4 is 4.72 Å². The Hall–Kier alpha value is -1.44. The molecule has 8 heteroatoms. The summed E-state index contributed by atoms with van der Waals surface area (Å²) in [6.07, 6.45) is 0.543. The van der Waals surface area contributed by atoms with Crippen molar-refractivity contribution < 1.29 is 12.8 Å². The second kappa shape index (κ2) is 6.76. The Kier molecular flexibility index (Phi) is 5.20. The molecule has 0 spiro atoms. The molecule has 0 bridgehead atoms. The first-order chi connectivity index (χ1) is 10.3. The third-order valence-electron chi connectivity index (χ3n) is 2.95. The highest BCUT2D eigenvalue weighted by atomic mass is 35.5. The zero-order valence-corrected chi connectivity index (χ0v) is 14.1. The number of aryl methyl sites for hydroxylation is 1. The Bertz CT molecular complexity index is 743. The summed E-state index contributed by atoms with van der Waals surface area (Å²) in [6.45, 7) is 5.64. The number of nitrogens with one attached hydrogen (secondary N) is 1. The van der Waals surface area contributed by atoms with Gasteiger partial charge in [-0.3, -0.25) is 0 Å². The van der Waals surface area contributed by atoms with E-state index >= 15 is 0 Å². The highest BCUT2D eigenvalue weighted by Crippen LogP contribution is 2.24. The zero-order chi connectivity index (χ0) is 16.3. The average Bonchev–Trinajstić information content (AvgIpc) is 2.84. The van der Waals surface area contributed by atoms with Crippen molar-refractivity contribution in [1.82, 2.24) is 14.9 Å². The van der Waals surface area contributed by atoms with Gasteiger partial charge in [0.1, 0.15) is 6.04 Å². The molecule has 6 nitrogen and oxygen atoms in total. The van der Waals surface area contributed by atoms with Crippen LogP contribution in [-0.4, -0.2) is 18.6 Å². The Labute approximate surface area is 134 Å². The molecule has 0 amide bonds. The first-order valence-electron chi connectivity index (χ1n) is 6.86. The van der Waals surface area contributed by atoms with E-state index in [2.05, 4.69) is 14.9 Å². The number of sulfonamides is 1. The highest BCUT2D eigenvalue weighted by molar-refractivity contribution is 7.89. The molecule has 0 aliphatic heterocycles. The molecule has 0 radical (unpaired) electrons. The van der Waals surface area contributed by atoms with E-state index in [9.17, 15) is 8.42 Å². The van der Waals surface area contributed by atoms with Crippen molar-refractivity contribution in [3.05, 3.63) is 41.1 Å². The van der Waals surface area contributed by atoms with Crippen molar-refractivity contribution >= 4 is 21.6 Å². The second-order valence-corrected chi connectivity index (χ2v) is 7.57. The summed E-state index contributed by atoms with van der Waals surface area (Å²) in [4.78, 5) is 0.102. The molecule has 1 heterocycles. The van der Waals surface area contributed by atoms with Crippen LogP contribution in [0.15, 0.2) is 33.6 Å². The van der Waals surface area contributed by atoms with Crippen LogP contribution >= 0.6 is 11.6 Å². The van der Waals surface area contributed by atoms with Crippen molar-refractivity contribution in [2.24, 2.45) is 5.92 Å². The van der Waals surface area contributed by atoms with Crippen molar-refractivity contribution in [2.75, 3.05) is 0 Å². The molecule has 0 aliphatic rings. The molecule has 2 aromatic rings. The summed E-state index contributed by atoms with van der Waals surface area (Å²) in [5.41, 5.74) is 0. The lowest BCUT2D eigenvalue weighted by Crippen LogP contribution is -2.30. The molecule has 1 aromatic heterocycles. The van der Waals surface area contributed by atoms with Crippen LogP contribution in [-0.2, 0) is 10.0 Å². The Balaban J connectivity index is 2.29. The van der Waals surface area contributed by atoms with Gasteiger partial charge in [-0.2, -0.15) is 4.72 Å². The highest BCUT2D eigenvalue weighted by Gasteiger charge is 2.26. The fraction of sp³-hybridized carbons (Fsp3) is 0.429. The molecular formula is C14H18ClN3O3S. The third kappa shape index (κ3) is 4.28. The minimum absolute atomic E-state index is 0.102. The maximum absolute atomic E-state index is 12.5. The minimum Gasteiger partial charge on any atom is -0.424 e. The van der Waals surface area contributed by atoms with E-state index in [1.165, 1.54) is 12.1 Å². The summed E-state index contributed by atoms with van der Waals surface area (Å²) >= 11 is 5.86. The van der Waals surface area contributed by atoms with Crippen LogP contribution in [0.3, 0.4) is 0 Å². The minimum atomic E-state index is -3.73. The van der Waals surface area contributed by atoms with Crippen LogP contribution in [0.2, 0.25) is 5.02 Å². The Morgan fingerprint density at radius 2 is 2.05 bits per heavy atom.